The largest absolute Gasteiger partial charge is 0.452 e. The number of esters is 1. The number of carbonyl (C=O) groups excluding carboxylic acids is 3. The van der Waals surface area contributed by atoms with Crippen molar-refractivity contribution in [2.75, 3.05) is 18.4 Å². The van der Waals surface area contributed by atoms with E-state index < -0.39 is 11.5 Å². The predicted molar refractivity (Wildman–Crippen MR) is 109 cm³/mol. The van der Waals surface area contributed by atoms with Gasteiger partial charge in [-0.1, -0.05) is 32.9 Å². The third-order valence-electron chi connectivity index (χ3n) is 5.07. The van der Waals surface area contributed by atoms with Gasteiger partial charge < -0.3 is 15.0 Å². The number of aryl methyl sites for hydroxylation is 2. The molecular formula is C22H32N2O4. The molecular weight excluding hydrogens is 356 g/mol. The Morgan fingerprint density at radius 2 is 1.75 bits per heavy atom. The average molecular weight is 389 g/mol. The van der Waals surface area contributed by atoms with E-state index in [4.69, 9.17) is 4.74 Å². The number of carbonyl (C=O) groups is 3. The van der Waals surface area contributed by atoms with Gasteiger partial charge in [0.2, 0.25) is 5.91 Å². The standard InChI is InChI=1S/C22H32N2O4/c1-14-7-8-15(2)18(13-14)23-19(25)16(3)28-20(26)17-9-11-24(12-10-17)21(27)22(4,5)6/h7-8,13,16-17H,9-12H2,1-6H3,(H,23,25)/t16-/m0/s1. The third kappa shape index (κ3) is 5.57. The lowest BCUT2D eigenvalue weighted by Gasteiger charge is -2.35. The highest BCUT2D eigenvalue weighted by Crippen LogP contribution is 2.25. The molecule has 1 saturated heterocycles. The van der Waals surface area contributed by atoms with E-state index in [9.17, 15) is 14.4 Å². The van der Waals surface area contributed by atoms with E-state index in [2.05, 4.69) is 5.32 Å². The summed E-state index contributed by atoms with van der Waals surface area (Å²) in [5.41, 5.74) is 2.30. The minimum absolute atomic E-state index is 0.0978. The number of anilines is 1. The maximum absolute atomic E-state index is 12.5. The van der Waals surface area contributed by atoms with Gasteiger partial charge in [0, 0.05) is 24.2 Å². The Morgan fingerprint density at radius 1 is 1.14 bits per heavy atom. The van der Waals surface area contributed by atoms with Gasteiger partial charge in [-0.15, -0.1) is 0 Å². The number of amides is 2. The molecule has 1 atom stereocenters. The van der Waals surface area contributed by atoms with Crippen molar-refractivity contribution in [3.63, 3.8) is 0 Å². The van der Waals surface area contributed by atoms with Crippen LogP contribution in [0.25, 0.3) is 0 Å². The lowest BCUT2D eigenvalue weighted by molar-refractivity contribution is -0.160. The van der Waals surface area contributed by atoms with Gasteiger partial charge in [-0.05, 0) is 50.8 Å². The van der Waals surface area contributed by atoms with Gasteiger partial charge in [0.1, 0.15) is 0 Å². The number of rotatable bonds is 4. The highest BCUT2D eigenvalue weighted by molar-refractivity contribution is 5.95. The second-order valence-electron chi connectivity index (χ2n) is 8.70. The molecule has 0 saturated carbocycles. The second-order valence-corrected chi connectivity index (χ2v) is 8.70. The molecule has 1 aliphatic rings. The summed E-state index contributed by atoms with van der Waals surface area (Å²) in [4.78, 5) is 39.0. The first-order valence-electron chi connectivity index (χ1n) is 9.87. The molecule has 1 N–H and O–H groups in total. The normalized spacial score (nSPS) is 16.4. The SMILES string of the molecule is Cc1ccc(C)c(NC(=O)[C@H](C)OC(=O)C2CCN(C(=O)C(C)(C)C)CC2)c1. The molecule has 28 heavy (non-hydrogen) atoms. The van der Waals surface area contributed by atoms with Crippen molar-refractivity contribution in [2.24, 2.45) is 11.3 Å². The van der Waals surface area contributed by atoms with Crippen LogP contribution in [0.15, 0.2) is 18.2 Å². The van der Waals surface area contributed by atoms with E-state index in [1.807, 2.05) is 52.8 Å². The summed E-state index contributed by atoms with van der Waals surface area (Å²) in [7, 11) is 0. The van der Waals surface area contributed by atoms with E-state index in [1.165, 1.54) is 0 Å². The summed E-state index contributed by atoms with van der Waals surface area (Å²) in [6.07, 6.45) is 0.250. The molecule has 2 rings (SSSR count). The van der Waals surface area contributed by atoms with Gasteiger partial charge in [-0.25, -0.2) is 0 Å². The van der Waals surface area contributed by atoms with E-state index in [0.717, 1.165) is 16.8 Å². The number of piperidine rings is 1. The minimum atomic E-state index is -0.873. The van der Waals surface area contributed by atoms with Crippen molar-refractivity contribution in [3.05, 3.63) is 29.3 Å². The van der Waals surface area contributed by atoms with Crippen LogP contribution in [0.3, 0.4) is 0 Å². The summed E-state index contributed by atoms with van der Waals surface area (Å²) < 4.78 is 5.40. The fourth-order valence-corrected chi connectivity index (χ4v) is 3.22. The Balaban J connectivity index is 1.86. The minimum Gasteiger partial charge on any atom is -0.452 e. The Morgan fingerprint density at radius 3 is 2.32 bits per heavy atom. The van der Waals surface area contributed by atoms with Crippen LogP contribution >= 0.6 is 0 Å². The molecule has 2 amide bonds. The molecule has 6 nitrogen and oxygen atoms in total. The van der Waals surface area contributed by atoms with Gasteiger partial charge in [0.25, 0.3) is 5.91 Å². The summed E-state index contributed by atoms with van der Waals surface area (Å²) in [6.45, 7) is 12.2. The van der Waals surface area contributed by atoms with Crippen molar-refractivity contribution < 1.29 is 19.1 Å². The predicted octanol–water partition coefficient (Wildman–Crippen LogP) is 3.46. The van der Waals surface area contributed by atoms with Crippen LogP contribution < -0.4 is 5.32 Å². The summed E-state index contributed by atoms with van der Waals surface area (Å²) in [5.74, 6) is -0.894. The third-order valence-corrected chi connectivity index (χ3v) is 5.07. The molecule has 0 radical (unpaired) electrons. The quantitative estimate of drug-likeness (QED) is 0.802. The summed E-state index contributed by atoms with van der Waals surface area (Å²) >= 11 is 0. The smallest absolute Gasteiger partial charge is 0.309 e. The Bertz CT molecular complexity index is 743. The van der Waals surface area contributed by atoms with Gasteiger partial charge >= 0.3 is 5.97 Å². The topological polar surface area (TPSA) is 75.7 Å². The van der Waals surface area contributed by atoms with Crippen molar-refractivity contribution >= 4 is 23.5 Å². The number of nitrogens with zero attached hydrogens (tertiary/aromatic N) is 1. The van der Waals surface area contributed by atoms with E-state index >= 15 is 0 Å². The summed E-state index contributed by atoms with van der Waals surface area (Å²) in [6, 6.07) is 5.81. The van der Waals surface area contributed by atoms with Crippen molar-refractivity contribution in [2.45, 2.75) is 60.5 Å². The van der Waals surface area contributed by atoms with Crippen molar-refractivity contribution in [3.8, 4) is 0 Å². The van der Waals surface area contributed by atoms with Crippen LogP contribution in [0, 0.1) is 25.2 Å². The first-order chi connectivity index (χ1) is 13.0. The first-order valence-corrected chi connectivity index (χ1v) is 9.87. The molecule has 0 unspecified atom stereocenters. The van der Waals surface area contributed by atoms with Gasteiger partial charge in [-0.2, -0.15) is 0 Å². The monoisotopic (exact) mass is 388 g/mol. The maximum atomic E-state index is 12.5. The molecule has 154 valence electrons. The van der Waals surface area contributed by atoms with Crippen LogP contribution in [0.4, 0.5) is 5.69 Å². The number of nitrogens with one attached hydrogen (secondary N) is 1. The van der Waals surface area contributed by atoms with E-state index in [0.29, 0.717) is 25.9 Å². The zero-order chi connectivity index (χ0) is 21.1. The zero-order valence-corrected chi connectivity index (χ0v) is 17.8. The molecule has 0 aromatic heterocycles. The van der Waals surface area contributed by atoms with E-state index in [-0.39, 0.29) is 23.7 Å². The molecule has 1 aromatic carbocycles. The molecule has 1 fully saturated rings. The highest BCUT2D eigenvalue weighted by Gasteiger charge is 2.34. The van der Waals surface area contributed by atoms with Crippen LogP contribution in [0.1, 0.15) is 51.7 Å². The van der Waals surface area contributed by atoms with Crippen LogP contribution in [-0.2, 0) is 19.1 Å². The number of likely N-dealkylation sites (tertiary alicyclic amines) is 1. The van der Waals surface area contributed by atoms with Gasteiger partial charge in [0.05, 0.1) is 5.92 Å². The zero-order valence-electron chi connectivity index (χ0n) is 17.8. The van der Waals surface area contributed by atoms with Crippen LogP contribution in [0.5, 0.6) is 0 Å². The van der Waals surface area contributed by atoms with Crippen LogP contribution in [0.2, 0.25) is 0 Å². The van der Waals surface area contributed by atoms with Gasteiger partial charge in [-0.3, -0.25) is 14.4 Å². The number of hydrogen-bond donors (Lipinski definition) is 1. The van der Waals surface area contributed by atoms with Gasteiger partial charge in [0.15, 0.2) is 6.10 Å². The fraction of sp³-hybridized carbons (Fsp3) is 0.591. The Labute approximate surface area is 167 Å². The lowest BCUT2D eigenvalue weighted by atomic mass is 9.91. The van der Waals surface area contributed by atoms with E-state index in [1.54, 1.807) is 11.8 Å². The molecule has 0 bridgehead atoms. The molecule has 1 heterocycles. The molecule has 6 heteroatoms. The molecule has 0 aliphatic carbocycles. The second kappa shape index (κ2) is 8.76. The van der Waals surface area contributed by atoms with Crippen molar-refractivity contribution in [1.82, 2.24) is 4.90 Å². The number of benzene rings is 1. The molecule has 0 spiro atoms. The summed E-state index contributed by atoms with van der Waals surface area (Å²) in [5, 5.41) is 2.83. The lowest BCUT2D eigenvalue weighted by Crippen LogP contribution is -2.45. The molecule has 1 aliphatic heterocycles. The van der Waals surface area contributed by atoms with Crippen LogP contribution in [-0.4, -0.2) is 41.9 Å². The average Bonchev–Trinajstić information content (AvgIpc) is 2.63. The molecule has 1 aromatic rings. The number of ether oxygens (including phenoxy) is 1. The fourth-order valence-electron chi connectivity index (χ4n) is 3.22. The van der Waals surface area contributed by atoms with Crippen molar-refractivity contribution in [1.29, 1.82) is 0 Å². The number of hydrogen-bond acceptors (Lipinski definition) is 4. The highest BCUT2D eigenvalue weighted by atomic mass is 16.5. The maximum Gasteiger partial charge on any atom is 0.309 e. The Kier molecular flexibility index (Phi) is 6.86. The Hall–Kier alpha value is -2.37. The first kappa shape index (κ1) is 21.9.